The lowest BCUT2D eigenvalue weighted by Crippen LogP contribution is -2.19. The first-order valence-corrected chi connectivity index (χ1v) is 5.25. The van der Waals surface area contributed by atoms with Gasteiger partial charge in [0.05, 0.1) is 16.3 Å². The zero-order valence-corrected chi connectivity index (χ0v) is 9.25. The third-order valence-corrected chi connectivity index (χ3v) is 2.77. The van der Waals surface area contributed by atoms with E-state index in [2.05, 4.69) is 0 Å². The van der Waals surface area contributed by atoms with Gasteiger partial charge in [-0.25, -0.2) is 9.00 Å². The second-order valence-electron chi connectivity index (χ2n) is 2.70. The van der Waals surface area contributed by atoms with E-state index in [0.717, 1.165) is 4.31 Å². The molecule has 0 fully saturated rings. The summed E-state index contributed by atoms with van der Waals surface area (Å²) in [5, 5.41) is 8.72. The maximum absolute atomic E-state index is 10.7. The van der Waals surface area contributed by atoms with Gasteiger partial charge in [0, 0.05) is 7.05 Å². The highest BCUT2D eigenvalue weighted by atomic mass is 35.5. The van der Waals surface area contributed by atoms with Crippen LogP contribution < -0.4 is 4.31 Å². The number of hydrogen-bond donors (Lipinski definition) is 2. The van der Waals surface area contributed by atoms with Crippen LogP contribution in [0.2, 0.25) is 5.02 Å². The molecular formula is C8H8ClNO4S. The van der Waals surface area contributed by atoms with Crippen molar-refractivity contribution in [1.82, 2.24) is 0 Å². The third-order valence-electron chi connectivity index (χ3n) is 1.78. The molecule has 0 radical (unpaired) electrons. The Morgan fingerprint density at radius 3 is 2.53 bits per heavy atom. The summed E-state index contributed by atoms with van der Waals surface area (Å²) in [6, 6.07) is 4.01. The average Bonchev–Trinajstić information content (AvgIpc) is 2.15. The molecule has 0 aliphatic rings. The molecule has 0 aliphatic heterocycles. The largest absolute Gasteiger partial charge is 0.478 e. The Hall–Kier alpha value is -1.11. The van der Waals surface area contributed by atoms with Crippen LogP contribution in [0.25, 0.3) is 0 Å². The Balaban J connectivity index is 3.12. The minimum absolute atomic E-state index is 0.0253. The van der Waals surface area contributed by atoms with Gasteiger partial charge in [0.15, 0.2) is 0 Å². The number of carboxylic acid groups (broad SMARTS) is 1. The first-order chi connectivity index (χ1) is 6.93. The molecule has 0 aliphatic carbocycles. The van der Waals surface area contributed by atoms with Crippen LogP contribution in [0.1, 0.15) is 10.4 Å². The molecule has 7 heteroatoms. The Kier molecular flexibility index (Phi) is 3.67. The van der Waals surface area contributed by atoms with Crippen LogP contribution in [0.15, 0.2) is 18.2 Å². The maximum atomic E-state index is 10.7. The number of aromatic carboxylic acids is 1. The van der Waals surface area contributed by atoms with E-state index in [-0.39, 0.29) is 10.6 Å². The van der Waals surface area contributed by atoms with Gasteiger partial charge in [0.1, 0.15) is 0 Å². The zero-order chi connectivity index (χ0) is 11.6. The highest BCUT2D eigenvalue weighted by Crippen LogP contribution is 2.23. The van der Waals surface area contributed by atoms with Crippen LogP contribution in [0.4, 0.5) is 5.69 Å². The molecule has 5 nitrogen and oxygen atoms in total. The Morgan fingerprint density at radius 1 is 1.53 bits per heavy atom. The van der Waals surface area contributed by atoms with Crippen LogP contribution in [0.5, 0.6) is 0 Å². The Labute approximate surface area is 93.7 Å². The van der Waals surface area contributed by atoms with Gasteiger partial charge < -0.3 is 5.11 Å². The standard InChI is InChI=1S/C8H8ClNO4S/c1-10(15(13)14)5-2-3-6(8(11)12)7(9)4-5/h2-4H,1H3,(H,11,12)(H,13,14). The summed E-state index contributed by atoms with van der Waals surface area (Å²) in [4.78, 5) is 10.6. The number of benzene rings is 1. The molecule has 0 spiro atoms. The molecule has 1 aromatic carbocycles. The molecule has 0 heterocycles. The van der Waals surface area contributed by atoms with Crippen LogP contribution >= 0.6 is 11.6 Å². The minimum Gasteiger partial charge on any atom is -0.478 e. The third kappa shape index (κ3) is 2.68. The van der Waals surface area contributed by atoms with E-state index < -0.39 is 17.2 Å². The number of carboxylic acids is 1. The topological polar surface area (TPSA) is 77.8 Å². The molecule has 15 heavy (non-hydrogen) atoms. The summed E-state index contributed by atoms with van der Waals surface area (Å²) >= 11 is 3.53. The van der Waals surface area contributed by atoms with E-state index in [0.29, 0.717) is 5.69 Å². The van der Waals surface area contributed by atoms with Crippen molar-refractivity contribution in [2.45, 2.75) is 0 Å². The molecule has 1 aromatic rings. The van der Waals surface area contributed by atoms with E-state index in [1.165, 1.54) is 25.2 Å². The number of halogens is 1. The van der Waals surface area contributed by atoms with Crippen molar-refractivity contribution in [2.24, 2.45) is 0 Å². The predicted octanol–water partition coefficient (Wildman–Crippen LogP) is 1.61. The van der Waals surface area contributed by atoms with Gasteiger partial charge in [-0.3, -0.25) is 8.86 Å². The molecule has 1 unspecified atom stereocenters. The van der Waals surface area contributed by atoms with Gasteiger partial charge in [-0.05, 0) is 18.2 Å². The van der Waals surface area contributed by atoms with E-state index in [9.17, 15) is 9.00 Å². The van der Waals surface area contributed by atoms with E-state index in [1.54, 1.807) is 0 Å². The highest BCUT2D eigenvalue weighted by Gasteiger charge is 2.12. The fourth-order valence-corrected chi connectivity index (χ4v) is 1.51. The molecule has 2 N–H and O–H groups in total. The number of carbonyl (C=O) groups is 1. The smallest absolute Gasteiger partial charge is 0.337 e. The Bertz CT molecular complexity index is 423. The molecule has 82 valence electrons. The van der Waals surface area contributed by atoms with Crippen molar-refractivity contribution in [3.05, 3.63) is 28.8 Å². The van der Waals surface area contributed by atoms with E-state index >= 15 is 0 Å². The lowest BCUT2D eigenvalue weighted by Gasteiger charge is -2.14. The van der Waals surface area contributed by atoms with Crippen molar-refractivity contribution < 1.29 is 18.7 Å². The second-order valence-corrected chi connectivity index (χ2v) is 4.11. The fraction of sp³-hybridized carbons (Fsp3) is 0.125. The van der Waals surface area contributed by atoms with Crippen LogP contribution in [-0.2, 0) is 11.3 Å². The van der Waals surface area contributed by atoms with Gasteiger partial charge >= 0.3 is 5.97 Å². The van der Waals surface area contributed by atoms with Gasteiger partial charge in [0.25, 0.3) is 11.3 Å². The number of hydrogen-bond acceptors (Lipinski definition) is 2. The lowest BCUT2D eigenvalue weighted by molar-refractivity contribution is 0.0697. The quantitative estimate of drug-likeness (QED) is 0.798. The molecule has 0 bridgehead atoms. The minimum atomic E-state index is -2.16. The Morgan fingerprint density at radius 2 is 2.13 bits per heavy atom. The summed E-state index contributed by atoms with van der Waals surface area (Å²) in [7, 11) is 1.39. The van der Waals surface area contributed by atoms with Crippen LogP contribution in [-0.4, -0.2) is 26.9 Å². The predicted molar refractivity (Wildman–Crippen MR) is 57.6 cm³/mol. The van der Waals surface area contributed by atoms with Crippen LogP contribution in [0, 0.1) is 0 Å². The first kappa shape index (κ1) is 12.0. The van der Waals surface area contributed by atoms with Gasteiger partial charge in [-0.1, -0.05) is 11.6 Å². The van der Waals surface area contributed by atoms with Crippen molar-refractivity contribution in [3.63, 3.8) is 0 Å². The molecule has 0 saturated heterocycles. The first-order valence-electron chi connectivity index (χ1n) is 3.81. The second kappa shape index (κ2) is 4.61. The molecule has 0 saturated carbocycles. The monoisotopic (exact) mass is 249 g/mol. The number of nitrogens with zero attached hydrogens (tertiary/aromatic N) is 1. The summed E-state index contributed by atoms with van der Waals surface area (Å²) in [6.07, 6.45) is 0. The lowest BCUT2D eigenvalue weighted by atomic mass is 10.2. The van der Waals surface area contributed by atoms with E-state index in [1.807, 2.05) is 0 Å². The maximum Gasteiger partial charge on any atom is 0.337 e. The summed E-state index contributed by atoms with van der Waals surface area (Å²) in [5.41, 5.74) is 0.323. The average molecular weight is 250 g/mol. The van der Waals surface area contributed by atoms with Crippen molar-refractivity contribution in [1.29, 1.82) is 0 Å². The molecule has 1 rings (SSSR count). The molecule has 1 atom stereocenters. The van der Waals surface area contributed by atoms with Gasteiger partial charge in [-0.15, -0.1) is 0 Å². The number of anilines is 1. The summed E-state index contributed by atoms with van der Waals surface area (Å²) < 4.78 is 20.5. The zero-order valence-electron chi connectivity index (χ0n) is 7.68. The van der Waals surface area contributed by atoms with Crippen molar-refractivity contribution >= 4 is 34.5 Å². The summed E-state index contributed by atoms with van der Waals surface area (Å²) in [5.74, 6) is -1.14. The molecule has 0 amide bonds. The van der Waals surface area contributed by atoms with Crippen molar-refractivity contribution in [3.8, 4) is 0 Å². The van der Waals surface area contributed by atoms with Gasteiger partial charge in [0.2, 0.25) is 0 Å². The fourth-order valence-electron chi connectivity index (χ4n) is 0.964. The number of rotatable bonds is 3. The van der Waals surface area contributed by atoms with Crippen LogP contribution in [0.3, 0.4) is 0 Å². The normalized spacial score (nSPS) is 12.2. The SMILES string of the molecule is CN(c1ccc(C(=O)O)c(Cl)c1)S(=O)O. The summed E-state index contributed by atoms with van der Waals surface area (Å²) in [6.45, 7) is 0. The van der Waals surface area contributed by atoms with Gasteiger partial charge in [-0.2, -0.15) is 0 Å². The molecular weight excluding hydrogens is 242 g/mol. The van der Waals surface area contributed by atoms with E-state index in [4.69, 9.17) is 21.3 Å². The highest BCUT2D eigenvalue weighted by molar-refractivity contribution is 7.80. The van der Waals surface area contributed by atoms with Crippen molar-refractivity contribution in [2.75, 3.05) is 11.4 Å². The molecule has 0 aromatic heterocycles.